The summed E-state index contributed by atoms with van der Waals surface area (Å²) in [4.78, 5) is 0. The number of hydrogen-bond acceptors (Lipinski definition) is 2. The second kappa shape index (κ2) is 2.73. The molecule has 2 rings (SSSR count). The first-order valence-corrected chi connectivity index (χ1v) is 4.47. The minimum Gasteiger partial charge on any atom is -0.755 e. The Hall–Kier alpha value is -1.13. The van der Waals surface area contributed by atoms with Crippen LogP contribution in [0.2, 0.25) is 0 Å². The Bertz CT molecular complexity index is 402. The summed E-state index contributed by atoms with van der Waals surface area (Å²) in [6.45, 7) is 0. The van der Waals surface area contributed by atoms with Crippen molar-refractivity contribution in [1.82, 2.24) is 3.97 Å². The summed E-state index contributed by atoms with van der Waals surface area (Å²) in [6, 6.07) is 7.50. The smallest absolute Gasteiger partial charge is 0.0512 e. The predicted molar refractivity (Wildman–Crippen MR) is 46.3 cm³/mol. The Morgan fingerprint density at radius 1 is 1.17 bits per heavy atom. The Morgan fingerprint density at radius 3 is 2.08 bits per heavy atom. The molecule has 3 nitrogen and oxygen atoms in total. The average molecular weight is 180 g/mol. The Labute approximate surface area is 72.0 Å². The van der Waals surface area contributed by atoms with E-state index in [4.69, 9.17) is 0 Å². The van der Waals surface area contributed by atoms with Crippen LogP contribution in [0.3, 0.4) is 0 Å². The lowest BCUT2D eigenvalue weighted by molar-refractivity contribution is 0.528. The molecule has 1 aromatic heterocycles. The van der Waals surface area contributed by atoms with Gasteiger partial charge in [-0.2, -0.15) is 0 Å². The van der Waals surface area contributed by atoms with Crippen LogP contribution >= 0.6 is 0 Å². The zero-order chi connectivity index (χ0) is 8.55. The Morgan fingerprint density at radius 2 is 1.67 bits per heavy atom. The minimum absolute atomic E-state index is 0.932. The second-order valence-corrected chi connectivity index (χ2v) is 3.32. The molecule has 0 amide bonds. The van der Waals surface area contributed by atoms with Gasteiger partial charge in [-0.1, -0.05) is 24.3 Å². The average Bonchev–Trinajstić information content (AvgIpc) is 2.46. The Balaban J connectivity index is 2.70. The van der Waals surface area contributed by atoms with Gasteiger partial charge in [0.05, 0.1) is 11.3 Å². The summed E-state index contributed by atoms with van der Waals surface area (Å²) < 4.78 is 22.2. The van der Waals surface area contributed by atoms with E-state index in [0.29, 0.717) is 0 Å². The zero-order valence-electron chi connectivity index (χ0n) is 6.14. The molecule has 1 aromatic carbocycles. The molecule has 0 aliphatic carbocycles. The van der Waals surface area contributed by atoms with Crippen LogP contribution in [0.4, 0.5) is 0 Å². The molecular formula is C8H6NO2S-. The molecule has 0 bridgehead atoms. The third-order valence-corrected chi connectivity index (χ3v) is 2.26. The molecular weight excluding hydrogens is 174 g/mol. The number of benzene rings is 1. The molecule has 0 saturated carbocycles. The van der Waals surface area contributed by atoms with Crippen molar-refractivity contribution in [1.29, 1.82) is 0 Å². The minimum atomic E-state index is -2.19. The van der Waals surface area contributed by atoms with Crippen molar-refractivity contribution in [2.45, 2.75) is 0 Å². The first-order valence-electron chi connectivity index (χ1n) is 3.44. The lowest BCUT2D eigenvalue weighted by atomic mass is 10.2. The van der Waals surface area contributed by atoms with Gasteiger partial charge in [0.15, 0.2) is 0 Å². The van der Waals surface area contributed by atoms with Gasteiger partial charge in [0.1, 0.15) is 0 Å². The molecule has 0 fully saturated rings. The third-order valence-electron chi connectivity index (χ3n) is 1.70. The monoisotopic (exact) mass is 180 g/mol. The van der Waals surface area contributed by atoms with Crippen LogP contribution in [-0.2, 0) is 11.3 Å². The van der Waals surface area contributed by atoms with Crippen LogP contribution in [0.25, 0.3) is 10.8 Å². The van der Waals surface area contributed by atoms with Crippen molar-refractivity contribution in [3.63, 3.8) is 0 Å². The van der Waals surface area contributed by atoms with Crippen LogP contribution in [-0.4, -0.2) is 12.7 Å². The highest BCUT2D eigenvalue weighted by atomic mass is 32.2. The fourth-order valence-electron chi connectivity index (χ4n) is 1.14. The maximum absolute atomic E-state index is 10.5. The number of hydrogen-bond donors (Lipinski definition) is 0. The largest absolute Gasteiger partial charge is 0.755 e. The van der Waals surface area contributed by atoms with Crippen LogP contribution in [0.1, 0.15) is 0 Å². The van der Waals surface area contributed by atoms with Gasteiger partial charge in [-0.3, -0.25) is 8.18 Å². The summed E-state index contributed by atoms with van der Waals surface area (Å²) in [5.41, 5.74) is 0. The van der Waals surface area contributed by atoms with Crippen LogP contribution in [0, 0.1) is 0 Å². The molecule has 0 saturated heterocycles. The van der Waals surface area contributed by atoms with Crippen molar-refractivity contribution < 1.29 is 8.76 Å². The van der Waals surface area contributed by atoms with Gasteiger partial charge < -0.3 is 4.55 Å². The van der Waals surface area contributed by atoms with Gasteiger partial charge >= 0.3 is 0 Å². The van der Waals surface area contributed by atoms with Gasteiger partial charge in [0, 0.05) is 23.2 Å². The third kappa shape index (κ3) is 1.15. The highest BCUT2D eigenvalue weighted by molar-refractivity contribution is 7.77. The van der Waals surface area contributed by atoms with E-state index >= 15 is 0 Å². The van der Waals surface area contributed by atoms with Crippen LogP contribution in [0.5, 0.6) is 0 Å². The van der Waals surface area contributed by atoms with E-state index < -0.39 is 11.3 Å². The van der Waals surface area contributed by atoms with Crippen molar-refractivity contribution in [2.24, 2.45) is 0 Å². The fraction of sp³-hybridized carbons (Fsp3) is 0. The van der Waals surface area contributed by atoms with Gasteiger partial charge in [0.25, 0.3) is 0 Å². The SMILES string of the molecule is O=S([O-])n1cc2ccccc2c1. The van der Waals surface area contributed by atoms with E-state index in [1.165, 1.54) is 0 Å². The first-order chi connectivity index (χ1) is 5.77. The summed E-state index contributed by atoms with van der Waals surface area (Å²) in [5.74, 6) is 0. The lowest BCUT2D eigenvalue weighted by Crippen LogP contribution is -1.97. The fourth-order valence-corrected chi connectivity index (χ4v) is 1.54. The van der Waals surface area contributed by atoms with Gasteiger partial charge in [-0.05, 0) is 0 Å². The van der Waals surface area contributed by atoms with Crippen molar-refractivity contribution >= 4 is 22.0 Å². The molecule has 0 aliphatic rings. The number of nitrogens with zero attached hydrogens (tertiary/aromatic N) is 1. The van der Waals surface area contributed by atoms with Crippen molar-refractivity contribution in [2.75, 3.05) is 0 Å². The summed E-state index contributed by atoms with van der Waals surface area (Å²) in [6.07, 6.45) is 3.16. The van der Waals surface area contributed by atoms with E-state index in [2.05, 4.69) is 0 Å². The molecule has 62 valence electrons. The predicted octanol–water partition coefficient (Wildman–Crippen LogP) is 1.28. The zero-order valence-corrected chi connectivity index (χ0v) is 6.95. The van der Waals surface area contributed by atoms with Crippen molar-refractivity contribution in [3.05, 3.63) is 36.7 Å². The molecule has 12 heavy (non-hydrogen) atoms. The van der Waals surface area contributed by atoms with Gasteiger partial charge in [0.2, 0.25) is 0 Å². The normalized spacial score (nSPS) is 13.4. The highest BCUT2D eigenvalue weighted by Gasteiger charge is 1.95. The number of aromatic nitrogens is 1. The van der Waals surface area contributed by atoms with E-state index in [1.807, 2.05) is 24.3 Å². The van der Waals surface area contributed by atoms with Crippen LogP contribution in [0.15, 0.2) is 36.7 Å². The molecule has 1 heterocycles. The first kappa shape index (κ1) is 7.52. The van der Waals surface area contributed by atoms with Gasteiger partial charge in [-0.15, -0.1) is 0 Å². The molecule has 1 unspecified atom stereocenters. The quantitative estimate of drug-likeness (QED) is 0.620. The van der Waals surface area contributed by atoms with E-state index in [-0.39, 0.29) is 0 Å². The maximum atomic E-state index is 10.5. The molecule has 1 atom stereocenters. The molecule has 0 radical (unpaired) electrons. The highest BCUT2D eigenvalue weighted by Crippen LogP contribution is 2.14. The van der Waals surface area contributed by atoms with Gasteiger partial charge in [-0.25, -0.2) is 0 Å². The molecule has 0 aliphatic heterocycles. The molecule has 0 N–H and O–H groups in total. The summed E-state index contributed by atoms with van der Waals surface area (Å²) in [5, 5.41) is 1.86. The standard InChI is InChI=1S/C8H7NO2S/c10-12(11)9-5-7-3-1-2-4-8(7)6-9/h1-6H,(H,10,11)/p-1. The summed E-state index contributed by atoms with van der Waals surface area (Å²) in [7, 11) is 0. The topological polar surface area (TPSA) is 45.1 Å². The van der Waals surface area contributed by atoms with E-state index in [9.17, 15) is 8.76 Å². The summed E-state index contributed by atoms with van der Waals surface area (Å²) >= 11 is -2.19. The van der Waals surface area contributed by atoms with E-state index in [1.54, 1.807) is 12.4 Å². The number of rotatable bonds is 1. The maximum Gasteiger partial charge on any atom is 0.0512 e. The Kier molecular flexibility index (Phi) is 1.71. The molecule has 4 heteroatoms. The lowest BCUT2D eigenvalue weighted by Gasteiger charge is -2.02. The molecule has 0 spiro atoms. The van der Waals surface area contributed by atoms with Crippen LogP contribution < -0.4 is 0 Å². The van der Waals surface area contributed by atoms with E-state index in [0.717, 1.165) is 14.7 Å². The second-order valence-electron chi connectivity index (χ2n) is 2.46. The van der Waals surface area contributed by atoms with Crippen molar-refractivity contribution in [3.8, 4) is 0 Å². The number of fused-ring (bicyclic) bond motifs is 1. The molecule has 2 aromatic rings.